The van der Waals surface area contributed by atoms with Crippen molar-refractivity contribution >= 4 is 50.7 Å². The number of esters is 1. The molecule has 4 nitrogen and oxygen atoms in total. The third-order valence-electron chi connectivity index (χ3n) is 3.72. The Hall–Kier alpha value is -2.66. The summed E-state index contributed by atoms with van der Waals surface area (Å²) in [4.78, 5) is 27.1. The van der Waals surface area contributed by atoms with Gasteiger partial charge in [-0.05, 0) is 29.8 Å². The zero-order chi connectivity index (χ0) is 17.1. The van der Waals surface area contributed by atoms with Gasteiger partial charge in [-0.1, -0.05) is 46.3 Å². The summed E-state index contributed by atoms with van der Waals surface area (Å²) in [6.07, 6.45) is 2.46. The SMILES string of the molecule is COC(=O)/C(=C\c1ccc(Br)cc1)c1[nH]c2ccccc2c1C=O. The second-order valence-electron chi connectivity index (χ2n) is 5.18. The number of rotatable bonds is 4. The van der Waals surface area contributed by atoms with Crippen LogP contribution in [0.15, 0.2) is 53.0 Å². The summed E-state index contributed by atoms with van der Waals surface area (Å²) in [5.74, 6) is -0.507. The third-order valence-corrected chi connectivity index (χ3v) is 4.25. The standard InChI is InChI=1S/C19H14BrNO3/c1-24-19(23)15(10-12-6-8-13(20)9-7-12)18-16(11-22)14-4-2-3-5-17(14)21-18/h2-11,21H,1H3/b15-10-. The molecule has 0 aliphatic carbocycles. The molecule has 0 spiro atoms. The Morgan fingerprint density at radius 1 is 1.12 bits per heavy atom. The first-order chi connectivity index (χ1) is 11.6. The number of hydrogen-bond acceptors (Lipinski definition) is 3. The van der Waals surface area contributed by atoms with Crippen molar-refractivity contribution in [2.75, 3.05) is 7.11 Å². The summed E-state index contributed by atoms with van der Waals surface area (Å²) in [6, 6.07) is 14.9. The van der Waals surface area contributed by atoms with E-state index in [4.69, 9.17) is 4.74 Å². The van der Waals surface area contributed by atoms with E-state index >= 15 is 0 Å². The summed E-state index contributed by atoms with van der Waals surface area (Å²) >= 11 is 3.38. The van der Waals surface area contributed by atoms with E-state index in [1.54, 1.807) is 6.08 Å². The molecule has 5 heteroatoms. The molecule has 0 radical (unpaired) electrons. The molecule has 0 amide bonds. The zero-order valence-electron chi connectivity index (χ0n) is 12.9. The number of benzene rings is 2. The summed E-state index contributed by atoms with van der Waals surface area (Å²) in [7, 11) is 1.32. The van der Waals surface area contributed by atoms with Gasteiger partial charge in [-0.25, -0.2) is 4.79 Å². The van der Waals surface area contributed by atoms with Gasteiger partial charge >= 0.3 is 5.97 Å². The molecule has 0 unspecified atom stereocenters. The number of para-hydroxylation sites is 1. The number of H-pyrrole nitrogens is 1. The molecule has 120 valence electrons. The molecular weight excluding hydrogens is 370 g/mol. The molecular formula is C19H14BrNO3. The molecule has 3 aromatic rings. The van der Waals surface area contributed by atoms with Crippen molar-refractivity contribution in [2.45, 2.75) is 0 Å². The van der Waals surface area contributed by atoms with Crippen molar-refractivity contribution in [3.63, 3.8) is 0 Å². The molecule has 0 saturated carbocycles. The number of carbonyl (C=O) groups is 2. The van der Waals surface area contributed by atoms with Gasteiger partial charge in [0.15, 0.2) is 6.29 Å². The van der Waals surface area contributed by atoms with Crippen LogP contribution in [0.5, 0.6) is 0 Å². The lowest BCUT2D eigenvalue weighted by molar-refractivity contribution is -0.133. The van der Waals surface area contributed by atoms with Gasteiger partial charge in [-0.2, -0.15) is 0 Å². The molecule has 0 saturated heterocycles. The Morgan fingerprint density at radius 2 is 1.83 bits per heavy atom. The fourth-order valence-corrected chi connectivity index (χ4v) is 2.83. The highest BCUT2D eigenvalue weighted by atomic mass is 79.9. The summed E-state index contributed by atoms with van der Waals surface area (Å²) in [6.45, 7) is 0. The molecule has 0 aliphatic rings. The number of ether oxygens (including phenoxy) is 1. The van der Waals surface area contributed by atoms with Crippen molar-refractivity contribution < 1.29 is 14.3 Å². The van der Waals surface area contributed by atoms with Gasteiger partial charge in [-0.15, -0.1) is 0 Å². The van der Waals surface area contributed by atoms with Crippen LogP contribution in [0.3, 0.4) is 0 Å². The maximum atomic E-state index is 12.3. The van der Waals surface area contributed by atoms with Crippen molar-refractivity contribution in [3.05, 3.63) is 69.8 Å². The normalized spacial score (nSPS) is 11.5. The lowest BCUT2D eigenvalue weighted by Gasteiger charge is -2.05. The fraction of sp³-hybridized carbons (Fsp3) is 0.0526. The van der Waals surface area contributed by atoms with Crippen LogP contribution in [0.25, 0.3) is 22.6 Å². The molecule has 24 heavy (non-hydrogen) atoms. The molecule has 2 aromatic carbocycles. The highest BCUT2D eigenvalue weighted by molar-refractivity contribution is 9.10. The summed E-state index contributed by atoms with van der Waals surface area (Å²) in [5, 5.41) is 0.771. The third kappa shape index (κ3) is 3.03. The highest BCUT2D eigenvalue weighted by Gasteiger charge is 2.20. The maximum Gasteiger partial charge on any atom is 0.340 e. The molecule has 1 N–H and O–H groups in total. The first kappa shape index (κ1) is 16.2. The first-order valence-corrected chi connectivity index (χ1v) is 8.05. The minimum atomic E-state index is -0.507. The Labute approximate surface area is 147 Å². The first-order valence-electron chi connectivity index (χ1n) is 7.26. The highest BCUT2D eigenvalue weighted by Crippen LogP contribution is 2.28. The number of nitrogens with one attached hydrogen (secondary N) is 1. The number of carbonyl (C=O) groups excluding carboxylic acids is 2. The van der Waals surface area contributed by atoms with E-state index in [1.165, 1.54) is 7.11 Å². The second kappa shape index (κ2) is 6.84. The van der Waals surface area contributed by atoms with E-state index in [-0.39, 0.29) is 0 Å². The Kier molecular flexibility index (Phi) is 4.62. The number of aromatic amines is 1. The predicted molar refractivity (Wildman–Crippen MR) is 97.7 cm³/mol. The number of fused-ring (bicyclic) bond motifs is 1. The topological polar surface area (TPSA) is 59.2 Å². The molecule has 1 aromatic heterocycles. The van der Waals surface area contributed by atoms with Gasteiger partial charge in [0.2, 0.25) is 0 Å². The average molecular weight is 384 g/mol. The van der Waals surface area contributed by atoms with Crippen LogP contribution in [0, 0.1) is 0 Å². The molecule has 1 heterocycles. The smallest absolute Gasteiger partial charge is 0.340 e. The summed E-state index contributed by atoms with van der Waals surface area (Å²) in [5.41, 5.74) is 2.83. The van der Waals surface area contributed by atoms with E-state index in [9.17, 15) is 9.59 Å². The van der Waals surface area contributed by atoms with Gasteiger partial charge in [0.25, 0.3) is 0 Å². The quantitative estimate of drug-likeness (QED) is 0.411. The van der Waals surface area contributed by atoms with Crippen LogP contribution in [-0.4, -0.2) is 24.3 Å². The molecule has 0 bridgehead atoms. The average Bonchev–Trinajstić information content (AvgIpc) is 2.98. The fourth-order valence-electron chi connectivity index (χ4n) is 2.57. The number of aldehydes is 1. The number of methoxy groups -OCH3 is 1. The molecule has 0 atom stereocenters. The van der Waals surface area contributed by atoms with E-state index in [1.807, 2.05) is 48.5 Å². The van der Waals surface area contributed by atoms with E-state index in [0.29, 0.717) is 16.8 Å². The van der Waals surface area contributed by atoms with Crippen molar-refractivity contribution in [1.82, 2.24) is 4.98 Å². The van der Waals surface area contributed by atoms with E-state index in [0.717, 1.165) is 27.2 Å². The minimum absolute atomic E-state index is 0.304. The lowest BCUT2D eigenvalue weighted by atomic mass is 10.0. The predicted octanol–water partition coefficient (Wildman–Crippen LogP) is 4.46. The lowest BCUT2D eigenvalue weighted by Crippen LogP contribution is -2.06. The minimum Gasteiger partial charge on any atom is -0.465 e. The van der Waals surface area contributed by atoms with Crippen LogP contribution >= 0.6 is 15.9 Å². The Bertz CT molecular complexity index is 939. The van der Waals surface area contributed by atoms with E-state index in [2.05, 4.69) is 20.9 Å². The number of halogens is 1. The largest absolute Gasteiger partial charge is 0.465 e. The van der Waals surface area contributed by atoms with Gasteiger partial charge in [0.05, 0.1) is 18.4 Å². The van der Waals surface area contributed by atoms with Gasteiger partial charge in [-0.3, -0.25) is 4.79 Å². The monoisotopic (exact) mass is 383 g/mol. The van der Waals surface area contributed by atoms with Crippen LogP contribution in [0.1, 0.15) is 21.6 Å². The molecule has 3 rings (SSSR count). The van der Waals surface area contributed by atoms with Crippen molar-refractivity contribution in [1.29, 1.82) is 0 Å². The Morgan fingerprint density at radius 3 is 2.50 bits per heavy atom. The summed E-state index contributed by atoms with van der Waals surface area (Å²) < 4.78 is 5.85. The number of hydrogen-bond donors (Lipinski definition) is 1. The van der Waals surface area contributed by atoms with E-state index < -0.39 is 5.97 Å². The molecule has 0 fully saturated rings. The van der Waals surface area contributed by atoms with Gasteiger partial charge < -0.3 is 9.72 Å². The second-order valence-corrected chi connectivity index (χ2v) is 6.09. The van der Waals surface area contributed by atoms with Gasteiger partial charge in [0, 0.05) is 20.9 Å². The number of aromatic nitrogens is 1. The maximum absolute atomic E-state index is 12.3. The zero-order valence-corrected chi connectivity index (χ0v) is 14.5. The van der Waals surface area contributed by atoms with Crippen LogP contribution in [-0.2, 0) is 9.53 Å². The van der Waals surface area contributed by atoms with Crippen molar-refractivity contribution in [3.8, 4) is 0 Å². The van der Waals surface area contributed by atoms with Crippen LogP contribution in [0.2, 0.25) is 0 Å². The Balaban J connectivity index is 2.22. The van der Waals surface area contributed by atoms with Gasteiger partial charge in [0.1, 0.15) is 0 Å². The van der Waals surface area contributed by atoms with Crippen LogP contribution < -0.4 is 0 Å². The van der Waals surface area contributed by atoms with Crippen molar-refractivity contribution in [2.24, 2.45) is 0 Å². The molecule has 0 aliphatic heterocycles. The van der Waals surface area contributed by atoms with Crippen LogP contribution in [0.4, 0.5) is 0 Å².